The third kappa shape index (κ3) is 19.2. The topological polar surface area (TPSA) is 270 Å². The van der Waals surface area contributed by atoms with E-state index in [9.17, 15) is 19.8 Å². The van der Waals surface area contributed by atoms with Gasteiger partial charge in [0.15, 0.2) is 11.5 Å². The van der Waals surface area contributed by atoms with E-state index in [0.29, 0.717) is 155 Å². The van der Waals surface area contributed by atoms with Gasteiger partial charge in [-0.25, -0.2) is 19.8 Å². The monoisotopic (exact) mass is 1250 g/mol. The molecule has 0 spiro atoms. The summed E-state index contributed by atoms with van der Waals surface area (Å²) in [5.74, 6) is 5.00. The van der Waals surface area contributed by atoms with Gasteiger partial charge in [0.05, 0.1) is 152 Å². The summed E-state index contributed by atoms with van der Waals surface area (Å²) in [7, 11) is 6.18. The number of aliphatic imine (C=N–C) groups is 3. The molecule has 1 aliphatic carbocycles. The highest BCUT2D eigenvalue weighted by molar-refractivity contribution is 6.24. The zero-order valence-electron chi connectivity index (χ0n) is 53.5. The highest BCUT2D eigenvalue weighted by Crippen LogP contribution is 2.48. The number of aliphatic hydroxyl groups is 1. The van der Waals surface area contributed by atoms with Crippen molar-refractivity contribution >= 4 is 35.0 Å². The molecule has 8 bridgehead atoms. The first-order valence-electron chi connectivity index (χ1n) is 30.7. The molecule has 5 aliphatic heterocycles. The summed E-state index contributed by atoms with van der Waals surface area (Å²) in [5, 5.41) is 25.0. The molecule has 490 valence electrons. The number of methoxy groups -OCH3 is 4. The molecule has 6 aliphatic rings. The van der Waals surface area contributed by atoms with E-state index in [0.717, 1.165) is 28.0 Å². The first kappa shape index (κ1) is 70.2. The fourth-order valence-electron chi connectivity index (χ4n) is 10.8. The van der Waals surface area contributed by atoms with Crippen LogP contribution in [0.5, 0.6) is 17.2 Å². The Morgan fingerprint density at radius 2 is 1.22 bits per heavy atom. The van der Waals surface area contributed by atoms with Crippen molar-refractivity contribution in [2.24, 2.45) is 26.8 Å². The summed E-state index contributed by atoms with van der Waals surface area (Å²) in [6, 6.07) is 3.44. The van der Waals surface area contributed by atoms with Gasteiger partial charge >= 0.3 is 17.9 Å². The maximum Gasteiger partial charge on any atom is 0.341 e. The molecule has 0 unspecified atom stereocenters. The van der Waals surface area contributed by atoms with Gasteiger partial charge in [0.2, 0.25) is 5.75 Å². The van der Waals surface area contributed by atoms with Gasteiger partial charge < -0.3 is 81.8 Å². The van der Waals surface area contributed by atoms with E-state index in [4.69, 9.17) is 81.3 Å². The number of unbranched alkanes of at least 4 members (excludes halogenated alkanes) is 1. The van der Waals surface area contributed by atoms with E-state index in [2.05, 4.69) is 24.1 Å². The van der Waals surface area contributed by atoms with Crippen LogP contribution in [0.2, 0.25) is 0 Å². The molecule has 23 nitrogen and oxygen atoms in total. The van der Waals surface area contributed by atoms with Crippen LogP contribution in [-0.4, -0.2) is 193 Å². The Morgan fingerprint density at radius 3 is 1.78 bits per heavy atom. The number of allylic oxidation sites excluding steroid dienone is 11. The maximum absolute atomic E-state index is 15.3. The Kier molecular flexibility index (Phi) is 28.5. The first-order chi connectivity index (χ1) is 43.7. The van der Waals surface area contributed by atoms with Gasteiger partial charge in [-0.05, 0) is 92.2 Å². The van der Waals surface area contributed by atoms with Gasteiger partial charge in [0, 0.05) is 81.4 Å². The predicted octanol–water partition coefficient (Wildman–Crippen LogP) is 8.16. The van der Waals surface area contributed by atoms with Crippen molar-refractivity contribution in [2.75, 3.05) is 147 Å². The first-order valence-corrected chi connectivity index (χ1v) is 30.7. The van der Waals surface area contributed by atoms with Crippen LogP contribution in [0.1, 0.15) is 85.1 Å². The quantitative estimate of drug-likeness (QED) is 0.0318. The van der Waals surface area contributed by atoms with Gasteiger partial charge in [-0.3, -0.25) is 9.59 Å². The minimum atomic E-state index is -0.938. The van der Waals surface area contributed by atoms with Gasteiger partial charge in [0.1, 0.15) is 32.2 Å². The molecule has 1 aromatic rings. The van der Waals surface area contributed by atoms with Crippen LogP contribution in [0.3, 0.4) is 0 Å². The summed E-state index contributed by atoms with van der Waals surface area (Å²) in [4.78, 5) is 55.4. The number of rotatable bonds is 40. The molecule has 5 heterocycles. The van der Waals surface area contributed by atoms with Crippen molar-refractivity contribution in [1.82, 2.24) is 5.32 Å². The lowest BCUT2D eigenvalue weighted by molar-refractivity contribution is -0.141. The van der Waals surface area contributed by atoms with Crippen molar-refractivity contribution in [3.05, 3.63) is 109 Å². The van der Waals surface area contributed by atoms with Gasteiger partial charge in [-0.15, -0.1) is 0 Å². The second-order valence-electron chi connectivity index (χ2n) is 21.5. The Bertz CT molecular complexity index is 3120. The minimum absolute atomic E-state index is 0.0790. The number of hydrogen-bond donors (Lipinski definition) is 3. The largest absolute Gasteiger partial charge is 0.511 e. The number of esters is 2. The van der Waals surface area contributed by atoms with Crippen LogP contribution < -0.4 is 19.5 Å². The van der Waals surface area contributed by atoms with Crippen molar-refractivity contribution < 1.29 is 90.9 Å². The summed E-state index contributed by atoms with van der Waals surface area (Å²) in [5.41, 5.74) is 10.3. The molecule has 2 atom stereocenters. The Hall–Kier alpha value is -7.24. The number of aliphatic carboxylic acids is 1. The van der Waals surface area contributed by atoms with Gasteiger partial charge in [-0.2, -0.15) is 0 Å². The Labute approximate surface area is 527 Å². The average molecular weight is 1250 g/mol. The molecular formula is C67H88N4O19. The fourth-order valence-corrected chi connectivity index (χ4v) is 10.8. The van der Waals surface area contributed by atoms with Crippen LogP contribution in [0.15, 0.2) is 118 Å². The second kappa shape index (κ2) is 36.6. The lowest BCUT2D eigenvalue weighted by Crippen LogP contribution is -2.17. The van der Waals surface area contributed by atoms with Crippen LogP contribution >= 0.6 is 0 Å². The van der Waals surface area contributed by atoms with E-state index < -0.39 is 11.9 Å². The number of carboxylic acid groups (broad SMARTS) is 1. The molecule has 0 radical (unpaired) electrons. The molecule has 90 heavy (non-hydrogen) atoms. The SMILES string of the molecule is CCC1=C(C)C2=NC1=CC1=C(C)C3=C(O)CC(=C4NC(=C(C#CCCCC(=O)O)C5=NC(=C2)C(C(=O)OCc2cc(OCCOCCOCCOC)c(OCCOCCOCCOC)c(OCCOCCOCCOC)c2)=C5C)[C@@H](C)[C@@H]4CCC(=O)OC)C3=N1. The standard InChI is InChI=1S/C67H88N4O19/c1-10-47-42(2)51-40-54-60(45(5)63(70-54)49(14-12-11-13-15-58(73)74)62-43(3)48(16-17-59(75)80-9)64(71-62)50-38-55(72)61-44(4)52(69-65(50)61)39-53(47)68-51)67(76)90-41-46-36-56(87-33-30-84-27-24-81-21-18-77-6)66(89-35-32-86-29-26-83-23-20-79-8)57(37-46)88-34-31-85-28-25-82-22-19-78-7/h36-37,39-40,43,48,71-72H,10-11,13,15-35,38,41H2,1-9H3,(H,73,74)/t43-,48-/m0/s1. The number of hydrogen-bond acceptors (Lipinski definition) is 22. The number of carboxylic acids is 1. The lowest BCUT2D eigenvalue weighted by atomic mass is 9.84. The Balaban J connectivity index is 1.28. The summed E-state index contributed by atoms with van der Waals surface area (Å²) >= 11 is 0. The zero-order chi connectivity index (χ0) is 64.4. The molecule has 3 N–H and O–H groups in total. The molecule has 1 saturated heterocycles. The molecule has 0 saturated carbocycles. The average Bonchev–Trinajstić information content (AvgIpc) is 1.61. The number of nitrogens with one attached hydrogen (secondary N) is 1. The highest BCUT2D eigenvalue weighted by Gasteiger charge is 2.43. The van der Waals surface area contributed by atoms with Gasteiger partial charge in [-0.1, -0.05) is 25.7 Å². The van der Waals surface area contributed by atoms with E-state index in [1.54, 1.807) is 46.5 Å². The van der Waals surface area contributed by atoms with Crippen molar-refractivity contribution in [3.63, 3.8) is 0 Å². The molecule has 1 fully saturated rings. The predicted molar refractivity (Wildman–Crippen MR) is 335 cm³/mol. The molecule has 0 aromatic heterocycles. The molecule has 23 heteroatoms. The number of carbonyl (C=O) groups is 3. The molecule has 0 amide bonds. The molecule has 7 rings (SSSR count). The normalized spacial score (nSPS) is 17.6. The third-order valence-corrected chi connectivity index (χ3v) is 15.5. The number of fused-ring (bicyclic) bond motifs is 5. The van der Waals surface area contributed by atoms with Crippen LogP contribution in [0.4, 0.5) is 0 Å². The van der Waals surface area contributed by atoms with E-state index >= 15 is 4.79 Å². The van der Waals surface area contributed by atoms with E-state index in [1.807, 2.05) is 26.8 Å². The molecule has 1 aromatic carbocycles. The van der Waals surface area contributed by atoms with E-state index in [-0.39, 0.29) is 124 Å². The van der Waals surface area contributed by atoms with Crippen LogP contribution in [-0.2, 0) is 73.1 Å². The number of benzene rings is 1. The van der Waals surface area contributed by atoms with Crippen molar-refractivity contribution in [2.45, 2.75) is 86.2 Å². The smallest absolute Gasteiger partial charge is 0.341 e. The van der Waals surface area contributed by atoms with Crippen LogP contribution in [0.25, 0.3) is 0 Å². The highest BCUT2D eigenvalue weighted by atomic mass is 16.6. The number of ether oxygens (including phenoxy) is 14. The van der Waals surface area contributed by atoms with Crippen molar-refractivity contribution in [3.8, 4) is 29.1 Å². The minimum Gasteiger partial charge on any atom is -0.511 e. The number of aliphatic hydroxyl groups excluding tert-OH is 1. The summed E-state index contributed by atoms with van der Waals surface area (Å²) in [6.07, 6.45) is 5.51. The maximum atomic E-state index is 15.3. The fraction of sp³-hybridized carbons (Fsp3) is 0.552. The Morgan fingerprint density at radius 1 is 0.656 bits per heavy atom. The van der Waals surface area contributed by atoms with Gasteiger partial charge in [0.25, 0.3) is 0 Å². The second-order valence-corrected chi connectivity index (χ2v) is 21.5. The summed E-state index contributed by atoms with van der Waals surface area (Å²) < 4.78 is 80.0. The van der Waals surface area contributed by atoms with Crippen LogP contribution in [0, 0.1) is 23.7 Å². The lowest BCUT2D eigenvalue weighted by Gasteiger charge is -2.19. The van der Waals surface area contributed by atoms with Crippen molar-refractivity contribution in [1.29, 1.82) is 0 Å². The number of nitrogens with zero attached hydrogens (tertiary/aromatic N) is 3. The zero-order valence-corrected chi connectivity index (χ0v) is 53.5. The third-order valence-electron chi connectivity index (χ3n) is 15.5. The van der Waals surface area contributed by atoms with E-state index in [1.165, 1.54) is 7.11 Å². The summed E-state index contributed by atoms with van der Waals surface area (Å²) in [6.45, 7) is 15.3. The molecular weight excluding hydrogens is 1160 g/mol. The number of carbonyl (C=O) groups excluding carboxylic acids is 2.